The Morgan fingerprint density at radius 3 is 2.24 bits per heavy atom. The van der Waals surface area contributed by atoms with Crippen LogP contribution in [0.25, 0.3) is 0 Å². The van der Waals surface area contributed by atoms with Crippen LogP contribution < -0.4 is 5.32 Å². The Bertz CT molecular complexity index is 613. The largest absolute Gasteiger partial charge is 0.384 e. The lowest BCUT2D eigenvalue weighted by Crippen LogP contribution is -2.38. The molecule has 0 aliphatic heterocycles. The van der Waals surface area contributed by atoms with Crippen molar-refractivity contribution in [2.24, 2.45) is 0 Å². The van der Waals surface area contributed by atoms with Gasteiger partial charge >= 0.3 is 0 Å². The highest BCUT2D eigenvalue weighted by Crippen LogP contribution is 2.19. The highest BCUT2D eigenvalue weighted by Gasteiger charge is 2.23. The number of rotatable bonds is 4. The third-order valence-corrected chi connectivity index (χ3v) is 3.47. The normalized spacial score (nSPS) is 13.5. The number of benzene rings is 2. The van der Waals surface area contributed by atoms with Crippen molar-refractivity contribution in [2.45, 2.75) is 26.4 Å². The van der Waals surface area contributed by atoms with Crippen LogP contribution in [0.1, 0.15) is 34.0 Å². The van der Waals surface area contributed by atoms with Crippen LogP contribution in [-0.2, 0) is 5.60 Å². The third-order valence-electron chi connectivity index (χ3n) is 3.47. The Hall–Kier alpha value is -2.13. The van der Waals surface area contributed by atoms with E-state index >= 15 is 0 Å². The minimum atomic E-state index is -1.09. The lowest BCUT2D eigenvalue weighted by molar-refractivity contribution is 0.0526. The highest BCUT2D eigenvalue weighted by molar-refractivity contribution is 5.94. The van der Waals surface area contributed by atoms with E-state index in [2.05, 4.69) is 5.32 Å². The first-order valence-electron chi connectivity index (χ1n) is 7.03. The van der Waals surface area contributed by atoms with Gasteiger partial charge in [-0.3, -0.25) is 4.79 Å². The predicted octanol–water partition coefficient (Wildman–Crippen LogP) is 2.94. The van der Waals surface area contributed by atoms with Crippen LogP contribution in [-0.4, -0.2) is 17.6 Å². The Balaban J connectivity index is 2.07. The molecule has 2 aromatic carbocycles. The average Bonchev–Trinajstić information content (AvgIpc) is 2.45. The number of carbonyl (C=O) groups is 1. The lowest BCUT2D eigenvalue weighted by atomic mass is 9.96. The molecule has 0 bridgehead atoms. The van der Waals surface area contributed by atoms with Crippen LogP contribution in [0.3, 0.4) is 0 Å². The minimum absolute atomic E-state index is 0.169. The maximum Gasteiger partial charge on any atom is 0.251 e. The average molecular weight is 283 g/mol. The summed E-state index contributed by atoms with van der Waals surface area (Å²) in [5.41, 5.74) is 2.42. The van der Waals surface area contributed by atoms with Gasteiger partial charge in [0.25, 0.3) is 5.91 Å². The Morgan fingerprint density at radius 2 is 1.67 bits per heavy atom. The first-order chi connectivity index (χ1) is 9.88. The molecule has 0 aromatic heterocycles. The van der Waals surface area contributed by atoms with Gasteiger partial charge in [0.15, 0.2) is 0 Å². The van der Waals surface area contributed by atoms with Crippen LogP contribution in [0.4, 0.5) is 0 Å². The molecular formula is C18H21NO2. The van der Waals surface area contributed by atoms with Crippen molar-refractivity contribution in [1.82, 2.24) is 5.32 Å². The topological polar surface area (TPSA) is 49.3 Å². The molecule has 0 radical (unpaired) electrons. The maximum atomic E-state index is 12.2. The second-order valence-electron chi connectivity index (χ2n) is 5.70. The van der Waals surface area contributed by atoms with E-state index in [1.807, 2.05) is 62.4 Å². The van der Waals surface area contributed by atoms with Crippen LogP contribution in [0.5, 0.6) is 0 Å². The van der Waals surface area contributed by atoms with E-state index in [1.54, 1.807) is 6.92 Å². The quantitative estimate of drug-likeness (QED) is 0.906. The zero-order valence-corrected chi connectivity index (χ0v) is 12.7. The van der Waals surface area contributed by atoms with Crippen molar-refractivity contribution < 1.29 is 9.90 Å². The fourth-order valence-corrected chi connectivity index (χ4v) is 2.36. The van der Waals surface area contributed by atoms with Crippen LogP contribution >= 0.6 is 0 Å². The number of nitrogens with one attached hydrogen (secondary N) is 1. The van der Waals surface area contributed by atoms with Gasteiger partial charge in [-0.1, -0.05) is 47.5 Å². The fraction of sp³-hybridized carbons (Fsp3) is 0.278. The van der Waals surface area contributed by atoms with Gasteiger partial charge in [-0.25, -0.2) is 0 Å². The van der Waals surface area contributed by atoms with E-state index in [0.717, 1.165) is 16.7 Å². The van der Waals surface area contributed by atoms with Crippen LogP contribution in [0.15, 0.2) is 48.5 Å². The molecule has 110 valence electrons. The molecule has 0 aliphatic carbocycles. The second-order valence-corrected chi connectivity index (χ2v) is 5.70. The Morgan fingerprint density at radius 1 is 1.10 bits per heavy atom. The van der Waals surface area contributed by atoms with Crippen molar-refractivity contribution in [3.8, 4) is 0 Å². The lowest BCUT2D eigenvalue weighted by Gasteiger charge is -2.24. The van der Waals surface area contributed by atoms with Gasteiger partial charge in [-0.15, -0.1) is 0 Å². The summed E-state index contributed by atoms with van der Waals surface area (Å²) in [6.07, 6.45) is 0. The number of carbonyl (C=O) groups excluding carboxylic acids is 1. The van der Waals surface area contributed by atoms with Gasteiger partial charge in [0.2, 0.25) is 0 Å². The summed E-state index contributed by atoms with van der Waals surface area (Å²) >= 11 is 0. The summed E-state index contributed by atoms with van der Waals surface area (Å²) in [5.74, 6) is -0.169. The van der Waals surface area contributed by atoms with Crippen LogP contribution in [0.2, 0.25) is 0 Å². The first kappa shape index (κ1) is 15.3. The SMILES string of the molecule is Cc1cc(C)cc(C(=O)NCC(C)(O)c2ccccc2)c1. The molecule has 1 atom stereocenters. The van der Waals surface area contributed by atoms with Crippen molar-refractivity contribution in [3.63, 3.8) is 0 Å². The van der Waals surface area contributed by atoms with Gasteiger partial charge in [0, 0.05) is 5.56 Å². The molecule has 0 saturated heterocycles. The van der Waals surface area contributed by atoms with Crippen molar-refractivity contribution in [2.75, 3.05) is 6.54 Å². The first-order valence-corrected chi connectivity index (χ1v) is 7.03. The van der Waals surface area contributed by atoms with E-state index < -0.39 is 5.60 Å². The van der Waals surface area contributed by atoms with E-state index in [0.29, 0.717) is 5.56 Å². The zero-order valence-electron chi connectivity index (χ0n) is 12.7. The molecule has 3 heteroatoms. The van der Waals surface area contributed by atoms with Crippen LogP contribution in [0, 0.1) is 13.8 Å². The van der Waals surface area contributed by atoms with E-state index in [1.165, 1.54) is 0 Å². The van der Waals surface area contributed by atoms with Crippen molar-refractivity contribution in [1.29, 1.82) is 0 Å². The monoisotopic (exact) mass is 283 g/mol. The van der Waals surface area contributed by atoms with Gasteiger partial charge in [-0.2, -0.15) is 0 Å². The molecule has 2 rings (SSSR count). The molecule has 0 saturated carbocycles. The molecule has 2 aromatic rings. The van der Waals surface area contributed by atoms with E-state index in [-0.39, 0.29) is 12.5 Å². The standard InChI is InChI=1S/C18H21NO2/c1-13-9-14(2)11-15(10-13)17(20)19-12-18(3,21)16-7-5-4-6-8-16/h4-11,21H,12H2,1-3H3,(H,19,20). The molecule has 2 N–H and O–H groups in total. The summed E-state index contributed by atoms with van der Waals surface area (Å²) < 4.78 is 0. The fourth-order valence-electron chi connectivity index (χ4n) is 2.36. The van der Waals surface area contributed by atoms with Crippen molar-refractivity contribution >= 4 is 5.91 Å². The van der Waals surface area contributed by atoms with Gasteiger partial charge in [0.05, 0.1) is 6.54 Å². The molecule has 0 heterocycles. The molecule has 0 aliphatic rings. The van der Waals surface area contributed by atoms with E-state index in [9.17, 15) is 9.90 Å². The Labute approximate surface area is 125 Å². The molecule has 21 heavy (non-hydrogen) atoms. The third kappa shape index (κ3) is 3.92. The smallest absolute Gasteiger partial charge is 0.251 e. The summed E-state index contributed by atoms with van der Waals surface area (Å²) in [4.78, 5) is 12.2. The summed E-state index contributed by atoms with van der Waals surface area (Å²) in [6, 6.07) is 15.1. The molecular weight excluding hydrogens is 262 g/mol. The summed E-state index contributed by atoms with van der Waals surface area (Å²) in [7, 11) is 0. The summed E-state index contributed by atoms with van der Waals surface area (Å²) in [6.45, 7) is 5.79. The number of hydrogen-bond acceptors (Lipinski definition) is 2. The Kier molecular flexibility index (Phi) is 4.43. The van der Waals surface area contributed by atoms with Gasteiger partial charge in [-0.05, 0) is 38.5 Å². The van der Waals surface area contributed by atoms with Gasteiger partial charge in [0.1, 0.15) is 5.60 Å². The molecule has 1 amide bonds. The maximum absolute atomic E-state index is 12.2. The number of aryl methyl sites for hydroxylation is 2. The number of amides is 1. The van der Waals surface area contributed by atoms with E-state index in [4.69, 9.17) is 0 Å². The second kappa shape index (κ2) is 6.10. The minimum Gasteiger partial charge on any atom is -0.384 e. The van der Waals surface area contributed by atoms with Gasteiger partial charge < -0.3 is 10.4 Å². The molecule has 0 spiro atoms. The molecule has 0 fully saturated rings. The molecule has 3 nitrogen and oxygen atoms in total. The van der Waals surface area contributed by atoms with Crippen molar-refractivity contribution in [3.05, 3.63) is 70.8 Å². The highest BCUT2D eigenvalue weighted by atomic mass is 16.3. The zero-order chi connectivity index (χ0) is 15.5. The molecule has 1 unspecified atom stereocenters. The summed E-state index contributed by atoms with van der Waals surface area (Å²) in [5, 5.41) is 13.3. The number of hydrogen-bond donors (Lipinski definition) is 2. The number of aliphatic hydroxyl groups is 1. The predicted molar refractivity (Wildman–Crippen MR) is 84.3 cm³/mol.